The lowest BCUT2D eigenvalue weighted by Crippen LogP contribution is -1.99. The van der Waals surface area contributed by atoms with Crippen LogP contribution in [-0.2, 0) is 0 Å². The van der Waals surface area contributed by atoms with E-state index in [-0.39, 0.29) is 17.1 Å². The summed E-state index contributed by atoms with van der Waals surface area (Å²) in [7, 11) is 0. The molecular weight excluding hydrogens is 254 g/mol. The van der Waals surface area contributed by atoms with E-state index < -0.39 is 9.85 Å². The number of nitro groups is 2. The largest absolute Gasteiger partial charge is 0.335 e. The highest BCUT2D eigenvalue weighted by Crippen LogP contribution is 2.31. The predicted octanol–water partition coefficient (Wildman–Crippen LogP) is 2.28. The lowest BCUT2D eigenvalue weighted by Gasteiger charge is -2.05. The van der Waals surface area contributed by atoms with Crippen molar-refractivity contribution in [2.75, 3.05) is 5.32 Å². The third-order valence-electron chi connectivity index (χ3n) is 2.48. The van der Waals surface area contributed by atoms with E-state index in [4.69, 9.17) is 0 Å². The van der Waals surface area contributed by atoms with E-state index >= 15 is 0 Å². The van der Waals surface area contributed by atoms with E-state index in [0.29, 0.717) is 5.82 Å². The highest BCUT2D eigenvalue weighted by atomic mass is 16.6. The number of aromatic amines is 1. The number of benzene rings is 1. The lowest BCUT2D eigenvalue weighted by molar-refractivity contribution is -0.393. The van der Waals surface area contributed by atoms with Gasteiger partial charge in [-0.1, -0.05) is 0 Å². The van der Waals surface area contributed by atoms with Gasteiger partial charge >= 0.3 is 0 Å². The number of nitro benzene ring substituents is 2. The summed E-state index contributed by atoms with van der Waals surface area (Å²) >= 11 is 0. The molecule has 0 unspecified atom stereocenters. The Morgan fingerprint density at radius 1 is 1.26 bits per heavy atom. The van der Waals surface area contributed by atoms with Crippen molar-refractivity contribution >= 4 is 22.9 Å². The molecule has 0 saturated carbocycles. The molecule has 1 aromatic heterocycles. The molecule has 1 aromatic carbocycles. The van der Waals surface area contributed by atoms with Crippen molar-refractivity contribution in [2.24, 2.45) is 0 Å². The molecule has 9 nitrogen and oxygen atoms in total. The first-order valence-electron chi connectivity index (χ1n) is 5.19. The summed E-state index contributed by atoms with van der Waals surface area (Å²) in [5.41, 5.74) is 0.220. The van der Waals surface area contributed by atoms with Crippen LogP contribution in [-0.4, -0.2) is 20.0 Å². The van der Waals surface area contributed by atoms with E-state index in [9.17, 15) is 20.2 Å². The molecule has 0 atom stereocenters. The Bertz CT molecular complexity index is 651. The van der Waals surface area contributed by atoms with Gasteiger partial charge in [0.05, 0.1) is 22.1 Å². The van der Waals surface area contributed by atoms with Gasteiger partial charge in [-0.2, -0.15) is 5.10 Å². The molecule has 0 amide bonds. The predicted molar refractivity (Wildman–Crippen MR) is 66.4 cm³/mol. The fourth-order valence-electron chi connectivity index (χ4n) is 1.50. The molecule has 19 heavy (non-hydrogen) atoms. The van der Waals surface area contributed by atoms with Crippen LogP contribution in [0.4, 0.5) is 22.9 Å². The maximum Gasteiger partial charge on any atom is 0.299 e. The summed E-state index contributed by atoms with van der Waals surface area (Å²) in [6.07, 6.45) is 1.56. The van der Waals surface area contributed by atoms with Gasteiger partial charge in [-0.25, -0.2) is 0 Å². The molecule has 0 bridgehead atoms. The fourth-order valence-corrected chi connectivity index (χ4v) is 1.50. The van der Waals surface area contributed by atoms with Gasteiger partial charge in [0.2, 0.25) is 0 Å². The molecule has 0 radical (unpaired) electrons. The normalized spacial score (nSPS) is 10.2. The van der Waals surface area contributed by atoms with Crippen molar-refractivity contribution in [2.45, 2.75) is 6.92 Å². The second-order valence-corrected chi connectivity index (χ2v) is 3.77. The number of nitrogens with one attached hydrogen (secondary N) is 2. The van der Waals surface area contributed by atoms with Crippen molar-refractivity contribution < 1.29 is 9.85 Å². The average Bonchev–Trinajstić information content (AvgIpc) is 2.75. The zero-order chi connectivity index (χ0) is 14.0. The first-order chi connectivity index (χ1) is 8.99. The first-order valence-corrected chi connectivity index (χ1v) is 5.19. The van der Waals surface area contributed by atoms with Crippen LogP contribution in [0.5, 0.6) is 0 Å². The maximum absolute atomic E-state index is 10.9. The van der Waals surface area contributed by atoms with Gasteiger partial charge in [0.25, 0.3) is 11.4 Å². The Morgan fingerprint density at radius 2 is 2.00 bits per heavy atom. The first kappa shape index (κ1) is 12.5. The van der Waals surface area contributed by atoms with Gasteiger partial charge in [0.1, 0.15) is 11.5 Å². The number of hydrogen-bond donors (Lipinski definition) is 2. The van der Waals surface area contributed by atoms with Crippen LogP contribution in [0.2, 0.25) is 0 Å². The minimum atomic E-state index is -0.682. The molecule has 0 saturated heterocycles. The minimum Gasteiger partial charge on any atom is -0.335 e. The van der Waals surface area contributed by atoms with Crippen LogP contribution in [0.15, 0.2) is 24.4 Å². The molecule has 0 aliphatic carbocycles. The summed E-state index contributed by atoms with van der Waals surface area (Å²) in [5, 5.41) is 30.7. The van der Waals surface area contributed by atoms with Gasteiger partial charge < -0.3 is 5.32 Å². The van der Waals surface area contributed by atoms with Crippen molar-refractivity contribution in [1.29, 1.82) is 0 Å². The molecule has 0 aliphatic heterocycles. The molecular formula is C10H9N5O4. The van der Waals surface area contributed by atoms with E-state index in [1.807, 2.05) is 0 Å². The zero-order valence-electron chi connectivity index (χ0n) is 9.78. The van der Waals surface area contributed by atoms with Crippen LogP contribution >= 0.6 is 0 Å². The molecule has 98 valence electrons. The van der Waals surface area contributed by atoms with Gasteiger partial charge in [-0.15, -0.1) is 0 Å². The van der Waals surface area contributed by atoms with Crippen LogP contribution < -0.4 is 5.32 Å². The number of aryl methyl sites for hydroxylation is 1. The Balaban J connectivity index is 2.43. The second kappa shape index (κ2) is 4.72. The monoisotopic (exact) mass is 263 g/mol. The maximum atomic E-state index is 10.9. The Morgan fingerprint density at radius 3 is 2.53 bits per heavy atom. The van der Waals surface area contributed by atoms with Crippen molar-refractivity contribution in [3.63, 3.8) is 0 Å². The third kappa shape index (κ3) is 2.49. The van der Waals surface area contributed by atoms with E-state index in [1.54, 1.807) is 13.1 Å². The summed E-state index contributed by atoms with van der Waals surface area (Å²) in [5.74, 6) is 0.497. The highest BCUT2D eigenvalue weighted by Gasteiger charge is 2.20. The molecule has 2 aromatic rings. The smallest absolute Gasteiger partial charge is 0.299 e. The van der Waals surface area contributed by atoms with Gasteiger partial charge in [-0.05, 0) is 13.0 Å². The lowest BCUT2D eigenvalue weighted by atomic mass is 10.2. The number of nitrogens with zero attached hydrogens (tertiary/aromatic N) is 3. The topological polar surface area (TPSA) is 127 Å². The molecule has 0 aliphatic rings. The van der Waals surface area contributed by atoms with Gasteiger partial charge in [0, 0.05) is 11.6 Å². The summed E-state index contributed by atoms with van der Waals surface area (Å²) < 4.78 is 0. The van der Waals surface area contributed by atoms with Gasteiger partial charge in [0.15, 0.2) is 0 Å². The SMILES string of the molecule is Cc1cn[nH]c1Nc1ccc([N+](=O)[O-])cc1[N+](=O)[O-]. The standard InChI is InChI=1S/C10H9N5O4/c1-6-5-11-13-10(6)12-8-3-2-7(14(16)17)4-9(8)15(18)19/h2-5H,1H3,(H2,11,12,13). The molecule has 2 N–H and O–H groups in total. The average molecular weight is 263 g/mol. The molecule has 1 heterocycles. The minimum absolute atomic E-state index is 0.156. The molecule has 0 fully saturated rings. The number of non-ortho nitro benzene ring substituents is 1. The van der Waals surface area contributed by atoms with Crippen LogP contribution in [0.1, 0.15) is 5.56 Å². The zero-order valence-corrected chi connectivity index (χ0v) is 9.78. The van der Waals surface area contributed by atoms with Crippen LogP contribution in [0, 0.1) is 27.2 Å². The summed E-state index contributed by atoms with van der Waals surface area (Å²) in [4.78, 5) is 20.2. The fraction of sp³-hybridized carbons (Fsp3) is 0.100. The van der Waals surface area contributed by atoms with Crippen molar-refractivity contribution in [1.82, 2.24) is 10.2 Å². The number of H-pyrrole nitrogens is 1. The van der Waals surface area contributed by atoms with Crippen LogP contribution in [0.3, 0.4) is 0 Å². The third-order valence-corrected chi connectivity index (χ3v) is 2.48. The highest BCUT2D eigenvalue weighted by molar-refractivity contribution is 5.71. The Hall–Kier alpha value is -2.97. The van der Waals surface area contributed by atoms with Crippen molar-refractivity contribution in [3.8, 4) is 0 Å². The van der Waals surface area contributed by atoms with E-state index in [2.05, 4.69) is 15.5 Å². The van der Waals surface area contributed by atoms with Crippen molar-refractivity contribution in [3.05, 3.63) is 50.2 Å². The summed E-state index contributed by atoms with van der Waals surface area (Å²) in [6, 6.07) is 3.39. The second-order valence-electron chi connectivity index (χ2n) is 3.77. The Kier molecular flexibility index (Phi) is 3.10. The van der Waals surface area contributed by atoms with E-state index in [1.165, 1.54) is 12.1 Å². The molecule has 0 spiro atoms. The number of anilines is 2. The quantitative estimate of drug-likeness (QED) is 0.643. The number of hydrogen-bond acceptors (Lipinski definition) is 6. The summed E-state index contributed by atoms with van der Waals surface area (Å²) in [6.45, 7) is 1.77. The Labute approximate surface area is 106 Å². The number of rotatable bonds is 4. The van der Waals surface area contributed by atoms with Crippen LogP contribution in [0.25, 0.3) is 0 Å². The number of aromatic nitrogens is 2. The van der Waals surface area contributed by atoms with E-state index in [0.717, 1.165) is 11.6 Å². The van der Waals surface area contributed by atoms with Gasteiger partial charge in [-0.3, -0.25) is 25.3 Å². The molecule has 9 heteroatoms. The molecule has 2 rings (SSSR count).